The first-order chi connectivity index (χ1) is 8.78. The van der Waals surface area contributed by atoms with Gasteiger partial charge in [0.05, 0.1) is 12.3 Å². The fourth-order valence-corrected chi connectivity index (χ4v) is 2.55. The van der Waals surface area contributed by atoms with Crippen molar-refractivity contribution in [2.24, 2.45) is 0 Å². The Balaban J connectivity index is 2.11. The number of aryl methyl sites for hydroxylation is 1. The molecule has 0 saturated carbocycles. The largest absolute Gasteiger partial charge is 0.486 e. The molecule has 1 aliphatic rings. The lowest BCUT2D eigenvalue weighted by atomic mass is 10.0. The molecule has 0 aliphatic carbocycles. The predicted octanol–water partition coefficient (Wildman–Crippen LogP) is 2.82. The molecule has 18 heavy (non-hydrogen) atoms. The van der Waals surface area contributed by atoms with E-state index in [-0.39, 0.29) is 12.7 Å². The summed E-state index contributed by atoms with van der Waals surface area (Å²) in [7, 11) is 0. The molecular formula is C14H14ClNO2. The van der Waals surface area contributed by atoms with Gasteiger partial charge in [0.25, 0.3) is 0 Å². The third-order valence-electron chi connectivity index (χ3n) is 3.22. The first-order valence-electron chi connectivity index (χ1n) is 6.01. The quantitative estimate of drug-likeness (QED) is 0.904. The van der Waals surface area contributed by atoms with E-state index in [2.05, 4.69) is 0 Å². The lowest BCUT2D eigenvalue weighted by molar-refractivity contribution is 0.0977. The number of hydrogen-bond acceptors (Lipinski definition) is 2. The highest BCUT2D eigenvalue weighted by atomic mass is 35.5. The molecule has 1 aromatic carbocycles. The maximum atomic E-state index is 9.23. The predicted molar refractivity (Wildman–Crippen MR) is 70.6 cm³/mol. The number of ether oxygens (including phenoxy) is 1. The van der Waals surface area contributed by atoms with Gasteiger partial charge in [-0.2, -0.15) is 0 Å². The summed E-state index contributed by atoms with van der Waals surface area (Å²) in [6, 6.07) is 7.75. The topological polar surface area (TPSA) is 34.4 Å². The minimum absolute atomic E-state index is 0.0488. The molecule has 2 heterocycles. The Kier molecular flexibility index (Phi) is 3.02. The van der Waals surface area contributed by atoms with Crippen molar-refractivity contribution in [3.05, 3.63) is 47.2 Å². The van der Waals surface area contributed by atoms with Gasteiger partial charge in [0.2, 0.25) is 0 Å². The van der Waals surface area contributed by atoms with Crippen LogP contribution in [0.2, 0.25) is 5.02 Å². The van der Waals surface area contributed by atoms with Crippen molar-refractivity contribution in [1.29, 1.82) is 0 Å². The van der Waals surface area contributed by atoms with E-state index in [4.69, 9.17) is 16.3 Å². The van der Waals surface area contributed by atoms with Crippen LogP contribution in [0, 0.1) is 0 Å². The molecule has 3 nitrogen and oxygen atoms in total. The molecule has 94 valence electrons. The van der Waals surface area contributed by atoms with Gasteiger partial charge in [-0.05, 0) is 42.7 Å². The van der Waals surface area contributed by atoms with Crippen molar-refractivity contribution in [2.45, 2.75) is 18.9 Å². The molecule has 1 atom stereocenters. The molecule has 1 N–H and O–H groups in total. The molecule has 3 rings (SSSR count). The van der Waals surface area contributed by atoms with Crippen molar-refractivity contribution < 1.29 is 9.84 Å². The first kappa shape index (κ1) is 11.6. The Bertz CT molecular complexity index is 551. The van der Waals surface area contributed by atoms with E-state index in [0.29, 0.717) is 5.02 Å². The third-order valence-corrected chi connectivity index (χ3v) is 3.44. The molecule has 2 aromatic rings. The highest BCUT2D eigenvalue weighted by Gasteiger charge is 2.23. The Morgan fingerprint density at radius 3 is 2.83 bits per heavy atom. The number of hydrogen-bond donors (Lipinski definition) is 1. The average Bonchev–Trinajstić information content (AvgIpc) is 2.91. The average molecular weight is 264 g/mol. The van der Waals surface area contributed by atoms with Gasteiger partial charge in [-0.15, -0.1) is 0 Å². The summed E-state index contributed by atoms with van der Waals surface area (Å²) in [5.74, 6) is 0.834. The minimum atomic E-state index is -0.118. The van der Waals surface area contributed by atoms with Crippen LogP contribution in [0.25, 0.3) is 5.69 Å². The van der Waals surface area contributed by atoms with Gasteiger partial charge < -0.3 is 14.4 Å². The number of aromatic nitrogens is 1. The van der Waals surface area contributed by atoms with Crippen LogP contribution in [0.15, 0.2) is 36.7 Å². The van der Waals surface area contributed by atoms with Gasteiger partial charge in [0.1, 0.15) is 11.9 Å². The van der Waals surface area contributed by atoms with E-state index in [9.17, 15) is 5.11 Å². The summed E-state index contributed by atoms with van der Waals surface area (Å²) in [6.07, 6.45) is 5.51. The van der Waals surface area contributed by atoms with Crippen LogP contribution < -0.4 is 4.74 Å². The standard InChI is InChI=1S/C14H14ClNO2/c15-11-7-10-3-4-12(9-17)18-14(10)13(8-11)16-5-1-2-6-16/h1-2,5-8,12,17H,3-4,9H2. The zero-order chi connectivity index (χ0) is 12.5. The summed E-state index contributed by atoms with van der Waals surface area (Å²) >= 11 is 6.15. The zero-order valence-corrected chi connectivity index (χ0v) is 10.6. The van der Waals surface area contributed by atoms with Crippen LogP contribution in [-0.2, 0) is 6.42 Å². The van der Waals surface area contributed by atoms with Crippen molar-refractivity contribution in [2.75, 3.05) is 6.61 Å². The van der Waals surface area contributed by atoms with Gasteiger partial charge in [-0.25, -0.2) is 0 Å². The van der Waals surface area contributed by atoms with Crippen LogP contribution >= 0.6 is 11.6 Å². The minimum Gasteiger partial charge on any atom is -0.486 e. The number of halogens is 1. The molecule has 1 aliphatic heterocycles. The lowest BCUT2D eigenvalue weighted by Crippen LogP contribution is -2.26. The third kappa shape index (κ3) is 2.00. The second-order valence-corrected chi connectivity index (χ2v) is 4.90. The molecule has 0 fully saturated rings. The molecule has 0 spiro atoms. The monoisotopic (exact) mass is 263 g/mol. The van der Waals surface area contributed by atoms with Crippen molar-refractivity contribution >= 4 is 11.6 Å². The SMILES string of the molecule is OCC1CCc2cc(Cl)cc(-n3cccc3)c2O1. The van der Waals surface area contributed by atoms with Gasteiger partial charge >= 0.3 is 0 Å². The molecule has 0 radical (unpaired) electrons. The molecule has 0 bridgehead atoms. The summed E-state index contributed by atoms with van der Waals surface area (Å²) in [4.78, 5) is 0. The van der Waals surface area contributed by atoms with Crippen LogP contribution in [0.3, 0.4) is 0 Å². The number of aliphatic hydroxyl groups is 1. The van der Waals surface area contributed by atoms with E-state index < -0.39 is 0 Å². The summed E-state index contributed by atoms with van der Waals surface area (Å²) in [5, 5.41) is 9.95. The number of nitrogens with zero attached hydrogens (tertiary/aromatic N) is 1. The normalized spacial score (nSPS) is 18.2. The molecule has 4 heteroatoms. The highest BCUT2D eigenvalue weighted by molar-refractivity contribution is 6.30. The van der Waals surface area contributed by atoms with E-state index in [1.165, 1.54) is 0 Å². The molecular weight excluding hydrogens is 250 g/mol. The van der Waals surface area contributed by atoms with Gasteiger partial charge in [0, 0.05) is 17.4 Å². The van der Waals surface area contributed by atoms with Crippen LogP contribution in [-0.4, -0.2) is 22.4 Å². The van der Waals surface area contributed by atoms with Gasteiger partial charge in [-0.3, -0.25) is 0 Å². The number of benzene rings is 1. The van der Waals surface area contributed by atoms with Crippen molar-refractivity contribution in [1.82, 2.24) is 4.57 Å². The molecule has 0 amide bonds. The Morgan fingerprint density at radius 1 is 1.33 bits per heavy atom. The fourth-order valence-electron chi connectivity index (χ4n) is 2.31. The van der Waals surface area contributed by atoms with E-state index in [1.807, 2.05) is 41.2 Å². The second kappa shape index (κ2) is 4.67. The van der Waals surface area contributed by atoms with Gasteiger partial charge in [-0.1, -0.05) is 11.6 Å². The Hall–Kier alpha value is -1.45. The van der Waals surface area contributed by atoms with Crippen LogP contribution in [0.4, 0.5) is 0 Å². The van der Waals surface area contributed by atoms with E-state index >= 15 is 0 Å². The van der Waals surface area contributed by atoms with E-state index in [1.54, 1.807) is 0 Å². The first-order valence-corrected chi connectivity index (χ1v) is 6.39. The maximum Gasteiger partial charge on any atom is 0.147 e. The fraction of sp³-hybridized carbons (Fsp3) is 0.286. The number of rotatable bonds is 2. The lowest BCUT2D eigenvalue weighted by Gasteiger charge is -2.27. The molecule has 1 aromatic heterocycles. The summed E-state index contributed by atoms with van der Waals surface area (Å²) in [5.41, 5.74) is 2.04. The van der Waals surface area contributed by atoms with Gasteiger partial charge in [0.15, 0.2) is 0 Å². The smallest absolute Gasteiger partial charge is 0.147 e. The van der Waals surface area contributed by atoms with Crippen LogP contribution in [0.5, 0.6) is 5.75 Å². The maximum absolute atomic E-state index is 9.23. The molecule has 0 saturated heterocycles. The second-order valence-electron chi connectivity index (χ2n) is 4.46. The van der Waals surface area contributed by atoms with Crippen LogP contribution in [0.1, 0.15) is 12.0 Å². The molecule has 1 unspecified atom stereocenters. The summed E-state index contributed by atoms with van der Waals surface area (Å²) in [6.45, 7) is 0.0488. The Labute approximate surface area is 111 Å². The highest BCUT2D eigenvalue weighted by Crippen LogP contribution is 2.36. The van der Waals surface area contributed by atoms with Crippen molar-refractivity contribution in [3.8, 4) is 11.4 Å². The number of fused-ring (bicyclic) bond motifs is 1. The van der Waals surface area contributed by atoms with E-state index in [0.717, 1.165) is 29.8 Å². The van der Waals surface area contributed by atoms with Crippen molar-refractivity contribution in [3.63, 3.8) is 0 Å². The Morgan fingerprint density at radius 2 is 2.11 bits per heavy atom. The zero-order valence-electron chi connectivity index (χ0n) is 9.84. The summed E-state index contributed by atoms with van der Waals surface area (Å²) < 4.78 is 7.84. The number of aliphatic hydroxyl groups excluding tert-OH is 1.